The zero-order valence-corrected chi connectivity index (χ0v) is 13.1. The molecule has 2 rings (SSSR count). The van der Waals surface area contributed by atoms with Crippen molar-refractivity contribution in [3.8, 4) is 6.07 Å². The van der Waals surface area contributed by atoms with Gasteiger partial charge in [0.2, 0.25) is 0 Å². The van der Waals surface area contributed by atoms with E-state index in [1.165, 1.54) is 4.90 Å². The molecule has 0 saturated heterocycles. The molecule has 2 aromatic carbocycles. The summed E-state index contributed by atoms with van der Waals surface area (Å²) in [6.45, 7) is 1.85. The third-order valence-corrected chi connectivity index (χ3v) is 3.66. The number of amides is 1. The minimum atomic E-state index is -0.174. The summed E-state index contributed by atoms with van der Waals surface area (Å²) >= 11 is 6.14. The minimum absolute atomic E-state index is 0.174. The highest BCUT2D eigenvalue weighted by Gasteiger charge is 2.10. The van der Waals surface area contributed by atoms with Crippen LogP contribution in [0, 0.1) is 11.3 Å². The fourth-order valence-corrected chi connectivity index (χ4v) is 2.34. The number of carbonyl (C=O) groups is 1. The lowest BCUT2D eigenvalue weighted by atomic mass is 10.1. The second-order valence-electron chi connectivity index (χ2n) is 4.87. The Balaban J connectivity index is 2.26. The topological polar surface area (TPSA) is 44.1 Å². The number of halogens is 1. The summed E-state index contributed by atoms with van der Waals surface area (Å²) in [5, 5.41) is 9.54. The molecule has 0 unspecified atom stereocenters. The van der Waals surface area contributed by atoms with Crippen LogP contribution in [-0.4, -0.2) is 13.0 Å². The van der Waals surface area contributed by atoms with Crippen molar-refractivity contribution in [3.05, 3.63) is 70.8 Å². The number of anilines is 1. The Labute approximate surface area is 135 Å². The first-order valence-electron chi connectivity index (χ1n) is 6.74. The summed E-state index contributed by atoms with van der Waals surface area (Å²) in [4.78, 5) is 13.9. The molecular formula is C18H15ClN2O. The molecule has 0 spiro atoms. The van der Waals surface area contributed by atoms with Crippen molar-refractivity contribution in [2.45, 2.75) is 6.92 Å². The number of rotatable bonds is 3. The summed E-state index contributed by atoms with van der Waals surface area (Å²) in [7, 11) is 1.68. The number of benzene rings is 2. The minimum Gasteiger partial charge on any atom is -0.312 e. The number of nitriles is 1. The summed E-state index contributed by atoms with van der Waals surface area (Å²) in [6.07, 6.45) is 1.54. The van der Waals surface area contributed by atoms with E-state index in [9.17, 15) is 4.79 Å². The zero-order valence-electron chi connectivity index (χ0n) is 12.4. The highest BCUT2D eigenvalue weighted by molar-refractivity contribution is 6.32. The molecule has 0 aliphatic rings. The molecule has 4 heteroatoms. The molecule has 3 nitrogen and oxygen atoms in total. The quantitative estimate of drug-likeness (QED) is 0.794. The van der Waals surface area contributed by atoms with Crippen molar-refractivity contribution < 1.29 is 4.79 Å². The van der Waals surface area contributed by atoms with E-state index in [2.05, 4.69) is 6.07 Å². The first kappa shape index (κ1) is 15.8. The molecule has 0 atom stereocenters. The second-order valence-corrected chi connectivity index (χ2v) is 5.27. The van der Waals surface area contributed by atoms with Crippen LogP contribution in [0.25, 0.3) is 5.57 Å². The van der Waals surface area contributed by atoms with Crippen molar-refractivity contribution in [1.82, 2.24) is 0 Å². The van der Waals surface area contributed by atoms with Gasteiger partial charge in [-0.05, 0) is 42.3 Å². The Bertz CT molecular complexity index is 775. The van der Waals surface area contributed by atoms with Gasteiger partial charge in [0.15, 0.2) is 0 Å². The number of hydrogen-bond donors (Lipinski definition) is 0. The lowest BCUT2D eigenvalue weighted by molar-refractivity contribution is -0.113. The average Bonchev–Trinajstić information content (AvgIpc) is 2.54. The molecule has 0 aliphatic heterocycles. The van der Waals surface area contributed by atoms with E-state index in [1.807, 2.05) is 25.1 Å². The van der Waals surface area contributed by atoms with Gasteiger partial charge in [0.05, 0.1) is 11.6 Å². The van der Waals surface area contributed by atoms with Gasteiger partial charge in [0, 0.05) is 23.8 Å². The van der Waals surface area contributed by atoms with Crippen molar-refractivity contribution in [2.75, 3.05) is 11.9 Å². The van der Waals surface area contributed by atoms with Crippen LogP contribution in [0.2, 0.25) is 5.02 Å². The van der Waals surface area contributed by atoms with E-state index in [-0.39, 0.29) is 5.91 Å². The number of allylic oxidation sites excluding steroid dienone is 1. The lowest BCUT2D eigenvalue weighted by Crippen LogP contribution is -2.24. The Morgan fingerprint density at radius 1 is 1.23 bits per heavy atom. The number of hydrogen-bond acceptors (Lipinski definition) is 2. The first-order chi connectivity index (χ1) is 10.5. The molecule has 22 heavy (non-hydrogen) atoms. The fourth-order valence-electron chi connectivity index (χ4n) is 2.05. The molecule has 0 saturated carbocycles. The summed E-state index contributed by atoms with van der Waals surface area (Å²) < 4.78 is 0. The van der Waals surface area contributed by atoms with Crippen LogP contribution >= 0.6 is 11.6 Å². The van der Waals surface area contributed by atoms with Crippen molar-refractivity contribution in [2.24, 2.45) is 0 Å². The fraction of sp³-hybridized carbons (Fsp3) is 0.111. The molecule has 0 bridgehead atoms. The predicted octanol–water partition coefficient (Wildman–Crippen LogP) is 4.28. The molecule has 0 aliphatic carbocycles. The highest BCUT2D eigenvalue weighted by Crippen LogP contribution is 2.23. The van der Waals surface area contributed by atoms with Crippen LogP contribution in [0.3, 0.4) is 0 Å². The maximum atomic E-state index is 12.4. The molecular weight excluding hydrogens is 296 g/mol. The maximum Gasteiger partial charge on any atom is 0.250 e. The van der Waals surface area contributed by atoms with Gasteiger partial charge in [-0.2, -0.15) is 5.26 Å². The number of likely N-dealkylation sites (N-methyl/N-ethyl adjacent to an activating group) is 1. The van der Waals surface area contributed by atoms with Gasteiger partial charge in [0.1, 0.15) is 0 Å². The Hall–Kier alpha value is -2.57. The number of nitrogens with zero attached hydrogens (tertiary/aromatic N) is 2. The molecule has 0 heterocycles. The van der Waals surface area contributed by atoms with Gasteiger partial charge in [-0.25, -0.2) is 0 Å². The predicted molar refractivity (Wildman–Crippen MR) is 89.7 cm³/mol. The Kier molecular flexibility index (Phi) is 4.98. The van der Waals surface area contributed by atoms with Crippen LogP contribution < -0.4 is 4.90 Å². The van der Waals surface area contributed by atoms with E-state index in [1.54, 1.807) is 43.5 Å². The van der Waals surface area contributed by atoms with E-state index in [4.69, 9.17) is 16.9 Å². The molecule has 1 amide bonds. The normalized spacial score (nSPS) is 10.9. The SMILES string of the molecule is CC(=CC(=O)N(C)c1cccc(C#N)c1)c1ccccc1Cl. The Morgan fingerprint density at radius 3 is 2.64 bits per heavy atom. The van der Waals surface area contributed by atoms with Crippen LogP contribution in [0.4, 0.5) is 5.69 Å². The zero-order chi connectivity index (χ0) is 16.1. The monoisotopic (exact) mass is 310 g/mol. The molecule has 110 valence electrons. The van der Waals surface area contributed by atoms with Gasteiger partial charge < -0.3 is 4.90 Å². The molecule has 2 aromatic rings. The van der Waals surface area contributed by atoms with E-state index in [0.29, 0.717) is 16.3 Å². The highest BCUT2D eigenvalue weighted by atomic mass is 35.5. The van der Waals surface area contributed by atoms with Gasteiger partial charge in [-0.3, -0.25) is 4.79 Å². The maximum absolute atomic E-state index is 12.4. The van der Waals surface area contributed by atoms with Crippen LogP contribution in [0.1, 0.15) is 18.1 Å². The van der Waals surface area contributed by atoms with E-state index in [0.717, 1.165) is 11.1 Å². The third-order valence-electron chi connectivity index (χ3n) is 3.33. The molecule has 0 radical (unpaired) electrons. The van der Waals surface area contributed by atoms with Crippen LogP contribution in [-0.2, 0) is 4.79 Å². The van der Waals surface area contributed by atoms with Crippen molar-refractivity contribution in [1.29, 1.82) is 5.26 Å². The summed E-state index contributed by atoms with van der Waals surface area (Å²) in [6, 6.07) is 16.4. The summed E-state index contributed by atoms with van der Waals surface area (Å²) in [5.41, 5.74) is 2.81. The largest absolute Gasteiger partial charge is 0.312 e. The van der Waals surface area contributed by atoms with E-state index < -0.39 is 0 Å². The van der Waals surface area contributed by atoms with Gasteiger partial charge >= 0.3 is 0 Å². The van der Waals surface area contributed by atoms with Gasteiger partial charge in [0.25, 0.3) is 5.91 Å². The van der Waals surface area contributed by atoms with Crippen LogP contribution in [0.15, 0.2) is 54.6 Å². The smallest absolute Gasteiger partial charge is 0.250 e. The lowest BCUT2D eigenvalue weighted by Gasteiger charge is -2.16. The van der Waals surface area contributed by atoms with Gasteiger partial charge in [-0.1, -0.05) is 35.9 Å². The van der Waals surface area contributed by atoms with Crippen molar-refractivity contribution >= 4 is 28.8 Å². The average molecular weight is 311 g/mol. The van der Waals surface area contributed by atoms with Crippen molar-refractivity contribution in [3.63, 3.8) is 0 Å². The first-order valence-corrected chi connectivity index (χ1v) is 7.12. The number of carbonyl (C=O) groups excluding carboxylic acids is 1. The molecule has 0 aromatic heterocycles. The standard InChI is InChI=1S/C18H15ClN2O/c1-13(16-8-3-4-9-17(16)19)10-18(22)21(2)15-7-5-6-14(11-15)12-20/h3-11H,1-2H3. The second kappa shape index (κ2) is 6.93. The Morgan fingerprint density at radius 2 is 1.95 bits per heavy atom. The molecule has 0 fully saturated rings. The summed E-state index contributed by atoms with van der Waals surface area (Å²) in [5.74, 6) is -0.174. The van der Waals surface area contributed by atoms with Gasteiger partial charge in [-0.15, -0.1) is 0 Å². The van der Waals surface area contributed by atoms with E-state index >= 15 is 0 Å². The molecule has 0 N–H and O–H groups in total. The van der Waals surface area contributed by atoms with Crippen LogP contribution in [0.5, 0.6) is 0 Å². The third kappa shape index (κ3) is 3.55.